The topological polar surface area (TPSA) is 81.7 Å². The van der Waals surface area contributed by atoms with Gasteiger partial charge in [-0.3, -0.25) is 14.4 Å². The van der Waals surface area contributed by atoms with E-state index in [1.165, 1.54) is 19.1 Å². The van der Waals surface area contributed by atoms with Gasteiger partial charge in [-0.25, -0.2) is 0 Å². The normalized spacial score (nSPS) is 23.3. The second kappa shape index (κ2) is 7.35. The molecule has 2 unspecified atom stereocenters. The fraction of sp³-hybridized carbons (Fsp3) is 0.471. The number of rotatable bonds is 4. The van der Waals surface area contributed by atoms with E-state index in [0.717, 1.165) is 19.1 Å². The van der Waals surface area contributed by atoms with Crippen molar-refractivity contribution in [3.63, 3.8) is 0 Å². The summed E-state index contributed by atoms with van der Waals surface area (Å²) in [5.74, 6) is -2.29. The van der Waals surface area contributed by atoms with Crippen LogP contribution in [0.2, 0.25) is 0 Å². The van der Waals surface area contributed by atoms with Crippen LogP contribution < -0.4 is 10.1 Å². The van der Waals surface area contributed by atoms with Gasteiger partial charge in [0.1, 0.15) is 11.3 Å². The maximum atomic E-state index is 13.0. The molecule has 0 heterocycles. The van der Waals surface area contributed by atoms with Gasteiger partial charge in [-0.15, -0.1) is 13.2 Å². The van der Waals surface area contributed by atoms with E-state index in [-0.39, 0.29) is 18.4 Å². The number of carbonyl (C=O) groups excluding carboxylic acids is 3. The first-order valence-electron chi connectivity index (χ1n) is 7.90. The van der Waals surface area contributed by atoms with Gasteiger partial charge >= 0.3 is 12.3 Å². The molecule has 6 nitrogen and oxygen atoms in total. The maximum absolute atomic E-state index is 13.0. The second-order valence-electron chi connectivity index (χ2n) is 6.02. The lowest BCUT2D eigenvalue weighted by Gasteiger charge is -2.39. The Kier molecular flexibility index (Phi) is 5.58. The number of ketones is 1. The van der Waals surface area contributed by atoms with Gasteiger partial charge in [0, 0.05) is 13.8 Å². The molecule has 0 aromatic heterocycles. The number of Topliss-reactive ketones (excluding diaryl/α,β-unsaturated/α-hetero) is 1. The van der Waals surface area contributed by atoms with E-state index in [9.17, 15) is 27.6 Å². The molecule has 1 aromatic carbocycles. The number of carbonyl (C=O) groups is 3. The summed E-state index contributed by atoms with van der Waals surface area (Å²) in [6.07, 6.45) is -5.11. The molecule has 0 aliphatic heterocycles. The minimum atomic E-state index is -4.89. The van der Waals surface area contributed by atoms with E-state index in [2.05, 4.69) is 10.1 Å². The SMILES string of the molecule is CC(=O)NC1(c2cccc(OC(F)(F)F)c2)CCCC(OC(C)=O)C1=O. The van der Waals surface area contributed by atoms with Crippen LogP contribution in [-0.2, 0) is 24.7 Å². The van der Waals surface area contributed by atoms with Crippen LogP contribution in [0.1, 0.15) is 38.7 Å². The zero-order valence-electron chi connectivity index (χ0n) is 14.2. The van der Waals surface area contributed by atoms with Crippen molar-refractivity contribution in [2.45, 2.75) is 51.1 Å². The number of amides is 1. The molecule has 2 atom stereocenters. The van der Waals surface area contributed by atoms with Crippen LogP contribution in [0.25, 0.3) is 0 Å². The number of ether oxygens (including phenoxy) is 2. The van der Waals surface area contributed by atoms with Gasteiger partial charge in [0.2, 0.25) is 11.7 Å². The van der Waals surface area contributed by atoms with Crippen molar-refractivity contribution < 1.29 is 37.0 Å². The summed E-state index contributed by atoms with van der Waals surface area (Å²) in [6, 6.07) is 4.86. The Bertz CT molecular complexity index is 719. The highest BCUT2D eigenvalue weighted by atomic mass is 19.4. The third kappa shape index (κ3) is 4.53. The lowest BCUT2D eigenvalue weighted by molar-refractivity contribution is -0.274. The Morgan fingerprint density at radius 2 is 1.96 bits per heavy atom. The maximum Gasteiger partial charge on any atom is 0.573 e. The summed E-state index contributed by atoms with van der Waals surface area (Å²) in [5, 5.41) is 2.54. The highest BCUT2D eigenvalue weighted by Gasteiger charge is 2.48. The van der Waals surface area contributed by atoms with Crippen LogP contribution in [0, 0.1) is 0 Å². The second-order valence-corrected chi connectivity index (χ2v) is 6.02. The van der Waals surface area contributed by atoms with E-state index in [4.69, 9.17) is 4.74 Å². The molecule has 1 aromatic rings. The lowest BCUT2D eigenvalue weighted by Crippen LogP contribution is -2.57. The molecule has 9 heteroatoms. The van der Waals surface area contributed by atoms with Crippen molar-refractivity contribution in [2.24, 2.45) is 0 Å². The van der Waals surface area contributed by atoms with Gasteiger partial charge < -0.3 is 14.8 Å². The lowest BCUT2D eigenvalue weighted by atomic mass is 9.74. The first kappa shape index (κ1) is 19.7. The molecule has 142 valence electrons. The van der Waals surface area contributed by atoms with Crippen LogP contribution in [0.5, 0.6) is 5.75 Å². The Balaban J connectivity index is 2.46. The average molecular weight is 373 g/mol. The zero-order chi connectivity index (χ0) is 19.5. The van der Waals surface area contributed by atoms with Gasteiger partial charge in [-0.1, -0.05) is 12.1 Å². The van der Waals surface area contributed by atoms with Crippen molar-refractivity contribution in [3.8, 4) is 5.75 Å². The molecule has 1 aliphatic carbocycles. The fourth-order valence-electron chi connectivity index (χ4n) is 3.14. The largest absolute Gasteiger partial charge is 0.573 e. The Labute approximate surface area is 147 Å². The zero-order valence-corrected chi connectivity index (χ0v) is 14.2. The summed E-state index contributed by atoms with van der Waals surface area (Å²) in [7, 11) is 0. The molecule has 1 aliphatic rings. The van der Waals surface area contributed by atoms with E-state index in [1.807, 2.05) is 0 Å². The quantitative estimate of drug-likeness (QED) is 0.821. The van der Waals surface area contributed by atoms with Gasteiger partial charge in [-0.2, -0.15) is 0 Å². The van der Waals surface area contributed by atoms with Gasteiger partial charge in [-0.05, 0) is 37.0 Å². The number of nitrogens with one attached hydrogen (secondary N) is 1. The van der Waals surface area contributed by atoms with Crippen LogP contribution in [0.3, 0.4) is 0 Å². The summed E-state index contributed by atoms with van der Waals surface area (Å²) >= 11 is 0. The molecule has 0 radical (unpaired) electrons. The van der Waals surface area contributed by atoms with Gasteiger partial charge in [0.05, 0.1) is 0 Å². The molecule has 0 saturated heterocycles. The number of hydrogen-bond donors (Lipinski definition) is 1. The number of hydrogen-bond acceptors (Lipinski definition) is 5. The molecule has 1 N–H and O–H groups in total. The summed E-state index contributed by atoms with van der Waals surface area (Å²) < 4.78 is 46.4. The van der Waals surface area contributed by atoms with Gasteiger partial charge in [0.15, 0.2) is 6.10 Å². The minimum Gasteiger partial charge on any atom is -0.454 e. The fourth-order valence-corrected chi connectivity index (χ4v) is 3.14. The van der Waals surface area contributed by atoms with Crippen molar-refractivity contribution in [1.29, 1.82) is 0 Å². The van der Waals surface area contributed by atoms with Crippen molar-refractivity contribution in [1.82, 2.24) is 5.32 Å². The molecule has 26 heavy (non-hydrogen) atoms. The summed E-state index contributed by atoms with van der Waals surface area (Å²) in [6.45, 7) is 2.35. The average Bonchev–Trinajstić information content (AvgIpc) is 2.49. The number of esters is 1. The summed E-state index contributed by atoms with van der Waals surface area (Å²) in [4.78, 5) is 35.9. The standard InChI is InChI=1S/C17H18F3NO5/c1-10(22)21-16(8-4-7-14(15(16)24)25-11(2)23)12-5-3-6-13(9-12)26-17(18,19)20/h3,5-6,9,14H,4,7-8H2,1-2H3,(H,21,22). The first-order valence-corrected chi connectivity index (χ1v) is 7.90. The smallest absolute Gasteiger partial charge is 0.454 e. The van der Waals surface area contributed by atoms with Crippen LogP contribution >= 0.6 is 0 Å². The van der Waals surface area contributed by atoms with E-state index in [1.54, 1.807) is 0 Å². The molecule has 1 saturated carbocycles. The molecular weight excluding hydrogens is 355 g/mol. The highest BCUT2D eigenvalue weighted by Crippen LogP contribution is 2.37. The number of benzene rings is 1. The monoisotopic (exact) mass is 373 g/mol. The highest BCUT2D eigenvalue weighted by molar-refractivity contribution is 5.98. The third-order valence-corrected chi connectivity index (χ3v) is 3.99. The number of alkyl halides is 3. The first-order chi connectivity index (χ1) is 12.0. The Hall–Kier alpha value is -2.58. The predicted octanol–water partition coefficient (Wildman–Crippen LogP) is 2.60. The Morgan fingerprint density at radius 3 is 2.54 bits per heavy atom. The molecule has 2 rings (SSSR count). The molecule has 0 spiro atoms. The molecule has 1 amide bonds. The van der Waals surface area contributed by atoms with E-state index in [0.29, 0.717) is 6.42 Å². The summed E-state index contributed by atoms with van der Waals surface area (Å²) in [5.41, 5.74) is -1.45. The van der Waals surface area contributed by atoms with E-state index >= 15 is 0 Å². The van der Waals surface area contributed by atoms with Crippen LogP contribution in [0.15, 0.2) is 24.3 Å². The predicted molar refractivity (Wildman–Crippen MR) is 83.0 cm³/mol. The van der Waals surface area contributed by atoms with Crippen LogP contribution in [0.4, 0.5) is 13.2 Å². The van der Waals surface area contributed by atoms with Crippen molar-refractivity contribution >= 4 is 17.7 Å². The molecular formula is C17H18F3NO5. The van der Waals surface area contributed by atoms with Crippen LogP contribution in [-0.4, -0.2) is 30.1 Å². The molecule has 1 fully saturated rings. The minimum absolute atomic E-state index is 0.135. The van der Waals surface area contributed by atoms with Crippen molar-refractivity contribution in [3.05, 3.63) is 29.8 Å². The number of halogens is 3. The van der Waals surface area contributed by atoms with E-state index < -0.39 is 41.4 Å². The molecule has 0 bridgehead atoms. The van der Waals surface area contributed by atoms with Gasteiger partial charge in [0.25, 0.3) is 0 Å². The third-order valence-electron chi connectivity index (χ3n) is 3.99. The Morgan fingerprint density at radius 1 is 1.27 bits per heavy atom. The van der Waals surface area contributed by atoms with Crippen molar-refractivity contribution in [2.75, 3.05) is 0 Å².